The minimum Gasteiger partial charge on any atom is -0.547 e. The number of nitrogens with one attached hydrogen (secondary N) is 1. The lowest BCUT2D eigenvalue weighted by atomic mass is 10.0. The molecule has 4 N–H and O–H groups in total. The highest BCUT2D eigenvalue weighted by Crippen LogP contribution is 2.14. The summed E-state index contributed by atoms with van der Waals surface area (Å²) in [6.07, 6.45) is -5.96. The largest absolute Gasteiger partial charge is 0.547 e. The number of ether oxygens (including phenoxy) is 1. The van der Waals surface area contributed by atoms with Crippen molar-refractivity contribution in [3.63, 3.8) is 0 Å². The van der Waals surface area contributed by atoms with Crippen LogP contribution in [0.3, 0.4) is 0 Å². The van der Waals surface area contributed by atoms with E-state index in [0.717, 1.165) is 0 Å². The third-order valence-electron chi connectivity index (χ3n) is 3.23. The fourth-order valence-corrected chi connectivity index (χ4v) is 1.76. The van der Waals surface area contributed by atoms with E-state index in [1.807, 2.05) is 0 Å². The normalized spacial score (nSPS) is 30.7. The zero-order valence-corrected chi connectivity index (χ0v) is 11.7. The summed E-state index contributed by atoms with van der Waals surface area (Å²) in [5, 5.41) is 37.1. The molecule has 1 fully saturated rings. The van der Waals surface area contributed by atoms with Gasteiger partial charge in [0.05, 0.1) is 32.2 Å². The van der Waals surface area contributed by atoms with Crippen molar-refractivity contribution in [1.29, 1.82) is 0 Å². The second-order valence-electron chi connectivity index (χ2n) is 4.43. The Morgan fingerprint density at radius 3 is 1.95 bits per heavy atom. The maximum Gasteiger partial charge on any atom is 0.125 e. The van der Waals surface area contributed by atoms with Crippen LogP contribution in [0.4, 0.5) is 0 Å². The number of carbonyl (C=O) groups excluding carboxylic acids is 1. The minimum atomic E-state index is -1.64. The predicted molar refractivity (Wildman–Crippen MR) is 65.4 cm³/mol. The van der Waals surface area contributed by atoms with Crippen LogP contribution in [-0.4, -0.2) is 71.9 Å². The lowest BCUT2D eigenvalue weighted by molar-refractivity contribution is -0.894. The van der Waals surface area contributed by atoms with Crippen LogP contribution < -0.4 is 10.0 Å². The first kappa shape index (κ1) is 18.3. The molecule has 1 saturated heterocycles. The van der Waals surface area contributed by atoms with Crippen LogP contribution in [0.5, 0.6) is 0 Å². The Bertz CT molecular complexity index is 253. The van der Waals surface area contributed by atoms with Crippen molar-refractivity contribution in [3.05, 3.63) is 0 Å². The van der Waals surface area contributed by atoms with Crippen LogP contribution in [0.1, 0.15) is 20.8 Å². The Kier molecular flexibility index (Phi) is 8.86. The highest BCUT2D eigenvalue weighted by molar-refractivity contribution is 5.71. The van der Waals surface area contributed by atoms with Crippen LogP contribution in [0.15, 0.2) is 0 Å². The molecule has 0 radical (unpaired) electrons. The van der Waals surface area contributed by atoms with E-state index < -0.39 is 30.4 Å². The number of carboxylic acid groups (broad SMARTS) is 1. The van der Waals surface area contributed by atoms with Crippen molar-refractivity contribution in [1.82, 2.24) is 0 Å². The predicted octanol–water partition coefficient (Wildman–Crippen LogP) is -3.85. The lowest BCUT2D eigenvalue weighted by Gasteiger charge is -2.35. The first-order valence-electron chi connectivity index (χ1n) is 6.59. The summed E-state index contributed by atoms with van der Waals surface area (Å²) in [6, 6.07) is 0. The molecule has 7 nitrogen and oxygen atoms in total. The molecule has 0 saturated carbocycles. The molecule has 19 heavy (non-hydrogen) atoms. The highest BCUT2D eigenvalue weighted by Gasteiger charge is 2.37. The molecular weight excluding hydrogens is 254 g/mol. The molecule has 1 aliphatic heterocycles. The first-order chi connectivity index (χ1) is 8.88. The van der Waals surface area contributed by atoms with Gasteiger partial charge in [-0.05, 0) is 20.8 Å². The van der Waals surface area contributed by atoms with Crippen molar-refractivity contribution < 1.29 is 34.9 Å². The van der Waals surface area contributed by atoms with E-state index in [1.54, 1.807) is 4.90 Å². The Morgan fingerprint density at radius 2 is 1.63 bits per heavy atom. The Balaban J connectivity index is 0.000000399. The van der Waals surface area contributed by atoms with Crippen molar-refractivity contribution in [2.24, 2.45) is 0 Å². The maximum absolute atomic E-state index is 10.2. The SMILES string of the molecule is CC[NH+](CC)CC.O=C([O-])C1OCC(O)C(O)C1O. The van der Waals surface area contributed by atoms with E-state index in [0.29, 0.717) is 0 Å². The fourth-order valence-electron chi connectivity index (χ4n) is 1.76. The smallest absolute Gasteiger partial charge is 0.125 e. The van der Waals surface area contributed by atoms with E-state index >= 15 is 0 Å². The van der Waals surface area contributed by atoms with Crippen LogP contribution in [-0.2, 0) is 9.53 Å². The van der Waals surface area contributed by atoms with Crippen LogP contribution in [0.25, 0.3) is 0 Å². The molecular formula is C12H25NO6. The lowest BCUT2D eigenvalue weighted by Crippen LogP contribution is -3.11. The number of rotatable bonds is 4. The molecule has 0 bridgehead atoms. The van der Waals surface area contributed by atoms with E-state index in [2.05, 4.69) is 25.5 Å². The van der Waals surface area contributed by atoms with Crippen LogP contribution in [0, 0.1) is 0 Å². The molecule has 4 unspecified atom stereocenters. The summed E-state index contributed by atoms with van der Waals surface area (Å²) in [5.41, 5.74) is 0. The quantitative estimate of drug-likeness (QED) is 0.419. The molecule has 0 spiro atoms. The van der Waals surface area contributed by atoms with Gasteiger partial charge in [0.2, 0.25) is 0 Å². The summed E-state index contributed by atoms with van der Waals surface area (Å²) < 4.78 is 4.51. The molecule has 0 aromatic carbocycles. The van der Waals surface area contributed by atoms with Gasteiger partial charge in [-0.15, -0.1) is 0 Å². The average molecular weight is 279 g/mol. The molecule has 0 amide bonds. The maximum atomic E-state index is 10.2. The number of hydrogen-bond acceptors (Lipinski definition) is 6. The van der Waals surface area contributed by atoms with E-state index in [1.165, 1.54) is 19.6 Å². The van der Waals surface area contributed by atoms with Crippen LogP contribution in [0.2, 0.25) is 0 Å². The van der Waals surface area contributed by atoms with Gasteiger partial charge in [0.25, 0.3) is 0 Å². The molecule has 114 valence electrons. The van der Waals surface area contributed by atoms with E-state index in [9.17, 15) is 9.90 Å². The molecule has 0 aromatic rings. The van der Waals surface area contributed by atoms with Gasteiger partial charge in [-0.25, -0.2) is 0 Å². The Morgan fingerprint density at radius 1 is 1.16 bits per heavy atom. The minimum absolute atomic E-state index is 0.323. The van der Waals surface area contributed by atoms with Crippen molar-refractivity contribution in [2.75, 3.05) is 26.2 Å². The zero-order valence-electron chi connectivity index (χ0n) is 11.7. The third-order valence-corrected chi connectivity index (χ3v) is 3.23. The summed E-state index contributed by atoms with van der Waals surface area (Å²) in [5.74, 6) is -1.60. The Labute approximate surface area is 113 Å². The number of aliphatic hydroxyl groups excluding tert-OH is 3. The van der Waals surface area contributed by atoms with Gasteiger partial charge in [0.15, 0.2) is 0 Å². The van der Waals surface area contributed by atoms with Crippen LogP contribution >= 0.6 is 0 Å². The van der Waals surface area contributed by atoms with Gasteiger partial charge >= 0.3 is 0 Å². The topological polar surface area (TPSA) is 114 Å². The number of hydrogen-bond donors (Lipinski definition) is 4. The monoisotopic (exact) mass is 279 g/mol. The summed E-state index contributed by atoms with van der Waals surface area (Å²) in [7, 11) is 0. The third kappa shape index (κ3) is 5.84. The molecule has 0 aromatic heterocycles. The molecule has 1 heterocycles. The summed E-state index contributed by atoms with van der Waals surface area (Å²) in [6.45, 7) is 10.2. The van der Waals surface area contributed by atoms with Gasteiger partial charge in [0, 0.05) is 0 Å². The first-order valence-corrected chi connectivity index (χ1v) is 6.59. The van der Waals surface area contributed by atoms with Crippen molar-refractivity contribution in [2.45, 2.75) is 45.2 Å². The average Bonchev–Trinajstić information content (AvgIpc) is 2.38. The summed E-state index contributed by atoms with van der Waals surface area (Å²) >= 11 is 0. The Hall–Kier alpha value is -0.730. The second kappa shape index (κ2) is 9.22. The van der Waals surface area contributed by atoms with Gasteiger partial charge in [-0.2, -0.15) is 0 Å². The fraction of sp³-hybridized carbons (Fsp3) is 0.917. The van der Waals surface area contributed by atoms with Gasteiger partial charge in [-0.1, -0.05) is 0 Å². The number of aliphatic carboxylic acids is 1. The molecule has 4 atom stereocenters. The number of quaternary nitrogens is 1. The zero-order chi connectivity index (χ0) is 15.0. The highest BCUT2D eigenvalue weighted by atomic mass is 16.5. The number of carboxylic acids is 1. The van der Waals surface area contributed by atoms with E-state index in [-0.39, 0.29) is 6.61 Å². The standard InChI is InChI=1S/C6H15N.C6H10O6/c1-4-7(5-2)6-3;7-2-1-12-5(6(10)11)4(9)3(2)8/h4-6H2,1-3H3;2-5,7-9H,1H2,(H,10,11). The summed E-state index contributed by atoms with van der Waals surface area (Å²) in [4.78, 5) is 11.9. The number of aliphatic hydroxyl groups is 3. The van der Waals surface area contributed by atoms with Gasteiger partial charge in [0.1, 0.15) is 24.4 Å². The van der Waals surface area contributed by atoms with Crippen molar-refractivity contribution in [3.8, 4) is 0 Å². The molecule has 0 aliphatic carbocycles. The number of carbonyl (C=O) groups is 1. The van der Waals surface area contributed by atoms with E-state index in [4.69, 9.17) is 15.3 Å². The molecule has 1 aliphatic rings. The molecule has 1 rings (SSSR count). The van der Waals surface area contributed by atoms with Gasteiger partial charge in [-0.3, -0.25) is 0 Å². The second-order valence-corrected chi connectivity index (χ2v) is 4.43. The molecule has 7 heteroatoms. The van der Waals surface area contributed by atoms with Crippen molar-refractivity contribution >= 4 is 5.97 Å². The van der Waals surface area contributed by atoms with Gasteiger partial charge < -0.3 is 34.9 Å².